The standard InChI is InChI=1S/C12H14F2O2/c1-3-10(11(15)16-4-2)9-5-7-12(13,14)8-6-9/h3,5-7H,4,8H2,1-2H3/b10-3+. The average molecular weight is 228 g/mol. The van der Waals surface area contributed by atoms with Crippen LogP contribution in [0.2, 0.25) is 0 Å². The third-order valence-electron chi connectivity index (χ3n) is 2.20. The summed E-state index contributed by atoms with van der Waals surface area (Å²) in [6.07, 6.45) is 4.61. The number of alkyl halides is 2. The molecule has 0 aliphatic heterocycles. The first-order valence-corrected chi connectivity index (χ1v) is 5.11. The number of hydrogen-bond acceptors (Lipinski definition) is 2. The van der Waals surface area contributed by atoms with E-state index in [1.165, 1.54) is 12.2 Å². The second kappa shape index (κ2) is 5.05. The molecule has 0 bridgehead atoms. The van der Waals surface area contributed by atoms with E-state index in [0.717, 1.165) is 6.08 Å². The summed E-state index contributed by atoms with van der Waals surface area (Å²) in [5, 5.41) is 0. The van der Waals surface area contributed by atoms with Crippen LogP contribution in [0.25, 0.3) is 0 Å². The SMILES string of the molecule is C/C=C(/C(=O)OCC)C1=CCC(F)(F)C=C1. The molecule has 0 saturated heterocycles. The Labute approximate surface area is 93.3 Å². The van der Waals surface area contributed by atoms with Gasteiger partial charge in [0.1, 0.15) is 0 Å². The molecular formula is C12H14F2O2. The van der Waals surface area contributed by atoms with E-state index < -0.39 is 11.9 Å². The fourth-order valence-electron chi connectivity index (χ4n) is 1.40. The molecule has 0 aromatic heterocycles. The van der Waals surface area contributed by atoms with E-state index in [0.29, 0.717) is 11.1 Å². The molecule has 1 aliphatic rings. The van der Waals surface area contributed by atoms with Gasteiger partial charge in [0.25, 0.3) is 5.92 Å². The van der Waals surface area contributed by atoms with Crippen LogP contribution in [0.3, 0.4) is 0 Å². The Morgan fingerprint density at radius 2 is 2.31 bits per heavy atom. The van der Waals surface area contributed by atoms with Crippen LogP contribution in [0.5, 0.6) is 0 Å². The summed E-state index contributed by atoms with van der Waals surface area (Å²) in [6, 6.07) is 0. The topological polar surface area (TPSA) is 26.3 Å². The van der Waals surface area contributed by atoms with Crippen molar-refractivity contribution in [3.05, 3.63) is 35.5 Å². The monoisotopic (exact) mass is 228 g/mol. The fraction of sp³-hybridized carbons (Fsp3) is 0.417. The van der Waals surface area contributed by atoms with Crippen molar-refractivity contribution >= 4 is 5.97 Å². The van der Waals surface area contributed by atoms with Crippen LogP contribution in [0.15, 0.2) is 35.5 Å². The Morgan fingerprint density at radius 1 is 1.62 bits per heavy atom. The summed E-state index contributed by atoms with van der Waals surface area (Å²) in [5.41, 5.74) is 0.820. The van der Waals surface area contributed by atoms with Crippen LogP contribution in [0.4, 0.5) is 8.78 Å². The Morgan fingerprint density at radius 3 is 2.75 bits per heavy atom. The fourth-order valence-corrected chi connectivity index (χ4v) is 1.40. The summed E-state index contributed by atoms with van der Waals surface area (Å²) in [5.74, 6) is -3.29. The van der Waals surface area contributed by atoms with Gasteiger partial charge >= 0.3 is 5.97 Å². The lowest BCUT2D eigenvalue weighted by Crippen LogP contribution is -2.16. The van der Waals surface area contributed by atoms with Gasteiger partial charge in [-0.2, -0.15) is 0 Å². The Kier molecular flexibility index (Phi) is 3.99. The maximum atomic E-state index is 12.8. The van der Waals surface area contributed by atoms with Gasteiger partial charge in [0.2, 0.25) is 0 Å². The smallest absolute Gasteiger partial charge is 0.338 e. The maximum Gasteiger partial charge on any atom is 0.338 e. The highest BCUT2D eigenvalue weighted by atomic mass is 19.3. The summed E-state index contributed by atoms with van der Waals surface area (Å²) in [4.78, 5) is 11.5. The molecule has 1 aliphatic carbocycles. The highest BCUT2D eigenvalue weighted by Crippen LogP contribution is 2.29. The molecule has 0 N–H and O–H groups in total. The number of hydrogen-bond donors (Lipinski definition) is 0. The summed E-state index contributed by atoms with van der Waals surface area (Å²) in [6.45, 7) is 3.64. The third kappa shape index (κ3) is 3.02. The Balaban J connectivity index is 2.82. The van der Waals surface area contributed by atoms with E-state index in [1.807, 2.05) is 0 Å². The largest absolute Gasteiger partial charge is 0.462 e. The van der Waals surface area contributed by atoms with Gasteiger partial charge < -0.3 is 4.74 Å². The van der Waals surface area contributed by atoms with Crippen LogP contribution in [0.1, 0.15) is 20.3 Å². The zero-order chi connectivity index (χ0) is 12.2. The number of allylic oxidation sites excluding steroid dienone is 4. The minimum Gasteiger partial charge on any atom is -0.462 e. The molecule has 2 nitrogen and oxygen atoms in total. The van der Waals surface area contributed by atoms with Gasteiger partial charge in [-0.3, -0.25) is 0 Å². The predicted molar refractivity (Wildman–Crippen MR) is 57.2 cm³/mol. The zero-order valence-corrected chi connectivity index (χ0v) is 9.30. The van der Waals surface area contributed by atoms with Crippen LogP contribution >= 0.6 is 0 Å². The maximum absolute atomic E-state index is 12.8. The molecule has 0 amide bonds. The molecule has 0 fully saturated rings. The first-order chi connectivity index (χ1) is 7.50. The lowest BCUT2D eigenvalue weighted by Gasteiger charge is -2.16. The van der Waals surface area contributed by atoms with Crippen molar-refractivity contribution < 1.29 is 18.3 Å². The van der Waals surface area contributed by atoms with E-state index in [2.05, 4.69) is 0 Å². The first-order valence-electron chi connectivity index (χ1n) is 5.11. The molecule has 4 heteroatoms. The van der Waals surface area contributed by atoms with E-state index in [4.69, 9.17) is 4.74 Å². The van der Waals surface area contributed by atoms with Gasteiger partial charge in [-0.05, 0) is 25.5 Å². The van der Waals surface area contributed by atoms with E-state index in [9.17, 15) is 13.6 Å². The predicted octanol–water partition coefficient (Wildman–Crippen LogP) is 3.02. The second-order valence-corrected chi connectivity index (χ2v) is 3.38. The second-order valence-electron chi connectivity index (χ2n) is 3.38. The van der Waals surface area contributed by atoms with Crippen LogP contribution < -0.4 is 0 Å². The molecular weight excluding hydrogens is 214 g/mol. The van der Waals surface area contributed by atoms with Crippen molar-refractivity contribution in [3.8, 4) is 0 Å². The van der Waals surface area contributed by atoms with E-state index in [-0.39, 0.29) is 13.0 Å². The quantitative estimate of drug-likeness (QED) is 0.548. The van der Waals surface area contributed by atoms with Gasteiger partial charge in [-0.25, -0.2) is 13.6 Å². The molecule has 0 aromatic rings. The summed E-state index contributed by atoms with van der Waals surface area (Å²) in [7, 11) is 0. The molecule has 88 valence electrons. The lowest BCUT2D eigenvalue weighted by atomic mass is 9.97. The van der Waals surface area contributed by atoms with Gasteiger partial charge in [0, 0.05) is 6.42 Å². The minimum absolute atomic E-state index is 0.267. The molecule has 1 rings (SSSR count). The van der Waals surface area contributed by atoms with Crippen molar-refractivity contribution in [1.82, 2.24) is 0 Å². The van der Waals surface area contributed by atoms with Crippen molar-refractivity contribution in [2.45, 2.75) is 26.2 Å². The lowest BCUT2D eigenvalue weighted by molar-refractivity contribution is -0.138. The van der Waals surface area contributed by atoms with E-state index in [1.54, 1.807) is 19.9 Å². The molecule has 0 spiro atoms. The Bertz CT molecular complexity index is 365. The van der Waals surface area contributed by atoms with Gasteiger partial charge in [-0.15, -0.1) is 0 Å². The molecule has 0 aromatic carbocycles. The number of ether oxygens (including phenoxy) is 1. The normalized spacial score (nSPS) is 19.2. The molecule has 16 heavy (non-hydrogen) atoms. The van der Waals surface area contributed by atoms with Gasteiger partial charge in [0.05, 0.1) is 12.2 Å². The van der Waals surface area contributed by atoms with Crippen molar-refractivity contribution in [2.75, 3.05) is 6.61 Å². The minimum atomic E-state index is -2.81. The number of carbonyl (C=O) groups is 1. The highest BCUT2D eigenvalue weighted by molar-refractivity contribution is 5.94. The van der Waals surface area contributed by atoms with Crippen molar-refractivity contribution in [1.29, 1.82) is 0 Å². The van der Waals surface area contributed by atoms with Crippen molar-refractivity contribution in [3.63, 3.8) is 0 Å². The van der Waals surface area contributed by atoms with Gasteiger partial charge in [0.15, 0.2) is 0 Å². The molecule has 0 radical (unpaired) electrons. The highest BCUT2D eigenvalue weighted by Gasteiger charge is 2.27. The van der Waals surface area contributed by atoms with Crippen LogP contribution in [-0.2, 0) is 9.53 Å². The van der Waals surface area contributed by atoms with E-state index >= 15 is 0 Å². The number of halogens is 2. The van der Waals surface area contributed by atoms with Crippen LogP contribution in [-0.4, -0.2) is 18.5 Å². The summed E-state index contributed by atoms with van der Waals surface area (Å²) < 4.78 is 30.5. The zero-order valence-electron chi connectivity index (χ0n) is 9.30. The molecule has 0 saturated carbocycles. The number of rotatable bonds is 3. The summed E-state index contributed by atoms with van der Waals surface area (Å²) >= 11 is 0. The van der Waals surface area contributed by atoms with Crippen molar-refractivity contribution in [2.24, 2.45) is 0 Å². The number of esters is 1. The third-order valence-corrected chi connectivity index (χ3v) is 2.20. The average Bonchev–Trinajstić information content (AvgIpc) is 2.22. The molecule has 0 unspecified atom stereocenters. The molecule has 0 atom stereocenters. The molecule has 0 heterocycles. The first kappa shape index (κ1) is 12.6. The van der Waals surface area contributed by atoms with Gasteiger partial charge in [-0.1, -0.05) is 18.2 Å². The number of carbonyl (C=O) groups excluding carboxylic acids is 1. The van der Waals surface area contributed by atoms with Crippen LogP contribution in [0, 0.1) is 0 Å². The Hall–Kier alpha value is -1.45.